The molecule has 2 aromatic heterocycles. The molecule has 2 aromatic carbocycles. The molecule has 162 valence electrons. The van der Waals surface area contributed by atoms with Gasteiger partial charge in [-0.2, -0.15) is 9.50 Å². The Bertz CT molecular complexity index is 1410. The second-order valence-electron chi connectivity index (χ2n) is 6.67. The molecule has 2 heterocycles. The van der Waals surface area contributed by atoms with E-state index in [0.717, 1.165) is 11.1 Å². The lowest BCUT2D eigenvalue weighted by molar-refractivity contribution is -0.132. The average molecular weight is 449 g/mol. The van der Waals surface area contributed by atoms with Crippen LogP contribution in [0.4, 0.5) is 0 Å². The van der Waals surface area contributed by atoms with Gasteiger partial charge in [-0.25, -0.2) is 0 Å². The van der Waals surface area contributed by atoms with E-state index in [1.54, 1.807) is 30.4 Å². The van der Waals surface area contributed by atoms with E-state index in [-0.39, 0.29) is 5.56 Å². The van der Waals surface area contributed by atoms with E-state index in [9.17, 15) is 9.59 Å². The third-order valence-corrected chi connectivity index (χ3v) is 5.36. The molecule has 0 N–H and O–H groups in total. The van der Waals surface area contributed by atoms with E-state index in [0.29, 0.717) is 39.2 Å². The number of carbonyl (C=O) groups is 1. The number of aromatic nitrogens is 3. The molecule has 32 heavy (non-hydrogen) atoms. The third kappa shape index (κ3) is 4.37. The molecular formula is C23H19N3O5S. The molecule has 0 amide bonds. The van der Waals surface area contributed by atoms with Gasteiger partial charge in [-0.15, -0.1) is 5.10 Å². The fourth-order valence-electron chi connectivity index (χ4n) is 2.98. The van der Waals surface area contributed by atoms with Crippen LogP contribution in [0.15, 0.2) is 59.9 Å². The Hall–Kier alpha value is -3.98. The number of hydrogen-bond acceptors (Lipinski definition) is 8. The van der Waals surface area contributed by atoms with Gasteiger partial charge in [0, 0.05) is 12.5 Å². The summed E-state index contributed by atoms with van der Waals surface area (Å²) in [4.78, 5) is 29.0. The van der Waals surface area contributed by atoms with Crippen molar-refractivity contribution in [3.8, 4) is 28.6 Å². The molecule has 0 unspecified atom stereocenters. The molecule has 8 nitrogen and oxygen atoms in total. The van der Waals surface area contributed by atoms with Gasteiger partial charge in [-0.3, -0.25) is 9.59 Å². The van der Waals surface area contributed by atoms with Crippen LogP contribution in [0, 0.1) is 0 Å². The minimum absolute atomic E-state index is 0.266. The maximum atomic E-state index is 12.8. The molecule has 0 aliphatic heterocycles. The summed E-state index contributed by atoms with van der Waals surface area (Å²) >= 11 is 1.24. The Morgan fingerprint density at radius 1 is 1.19 bits per heavy atom. The first-order valence-corrected chi connectivity index (χ1v) is 10.4. The van der Waals surface area contributed by atoms with Crippen molar-refractivity contribution in [1.82, 2.24) is 14.6 Å². The molecule has 9 heteroatoms. The van der Waals surface area contributed by atoms with Gasteiger partial charge in [0.25, 0.3) is 5.56 Å². The van der Waals surface area contributed by atoms with Gasteiger partial charge in [-0.05, 0) is 48.0 Å². The number of thiazole rings is 1. The van der Waals surface area contributed by atoms with Crippen molar-refractivity contribution in [1.29, 1.82) is 0 Å². The van der Waals surface area contributed by atoms with Crippen LogP contribution in [0.1, 0.15) is 12.5 Å². The van der Waals surface area contributed by atoms with Crippen LogP contribution in [-0.2, 0) is 4.79 Å². The number of hydrogen-bond donors (Lipinski definition) is 0. The van der Waals surface area contributed by atoms with Crippen molar-refractivity contribution in [2.75, 3.05) is 13.7 Å². The van der Waals surface area contributed by atoms with E-state index < -0.39 is 5.97 Å². The number of carbonyl (C=O) groups excluding carboxylic acids is 1. The quantitative estimate of drug-likeness (QED) is 0.243. The minimum Gasteiger partial charge on any atom is -0.493 e. The number of ether oxygens (including phenoxy) is 3. The second kappa shape index (κ2) is 9.03. The van der Waals surface area contributed by atoms with Gasteiger partial charge < -0.3 is 14.2 Å². The average Bonchev–Trinajstić information content (AvgIpc) is 3.32. The lowest BCUT2D eigenvalue weighted by Gasteiger charge is -2.08. The Balaban J connectivity index is 1.64. The molecule has 0 spiro atoms. The highest BCUT2D eigenvalue weighted by Crippen LogP contribution is 2.28. The molecule has 0 fully saturated rings. The van der Waals surface area contributed by atoms with E-state index in [1.165, 1.54) is 29.9 Å². The van der Waals surface area contributed by atoms with Crippen molar-refractivity contribution >= 4 is 28.3 Å². The molecule has 4 aromatic rings. The molecule has 0 bridgehead atoms. The summed E-state index contributed by atoms with van der Waals surface area (Å²) in [5.74, 6) is 1.44. The summed E-state index contributed by atoms with van der Waals surface area (Å²) in [6.07, 6.45) is 3.39. The number of methoxy groups -OCH3 is 1. The summed E-state index contributed by atoms with van der Waals surface area (Å²) in [7, 11) is 1.48. The van der Waals surface area contributed by atoms with Crippen LogP contribution < -0.4 is 24.3 Å². The summed E-state index contributed by atoms with van der Waals surface area (Å²) in [5.41, 5.74) is 1.23. The summed E-state index contributed by atoms with van der Waals surface area (Å²) < 4.78 is 17.6. The lowest BCUT2D eigenvalue weighted by atomic mass is 10.2. The zero-order valence-corrected chi connectivity index (χ0v) is 18.2. The third-order valence-electron chi connectivity index (χ3n) is 4.40. The number of esters is 1. The van der Waals surface area contributed by atoms with Crippen LogP contribution >= 0.6 is 11.3 Å². The highest BCUT2D eigenvalue weighted by molar-refractivity contribution is 7.15. The standard InChI is InChI=1S/C23H19N3O5S/c1-4-11-30-17-8-6-16(7-9-17)21-24-23-26(25-21)22(28)20(32-23)13-15-5-10-18(31-14(2)27)19(12-15)29-3/h4-10,12-13H,1,11H2,2-3H3/b20-13+. The SMILES string of the molecule is C=CCOc1ccc(-c2nc3s/c(=C/c4ccc(OC(C)=O)c(OC)c4)c(=O)n3n2)cc1. The highest BCUT2D eigenvalue weighted by Gasteiger charge is 2.13. The number of fused-ring (bicyclic) bond motifs is 1. The Morgan fingerprint density at radius 3 is 2.62 bits per heavy atom. The van der Waals surface area contributed by atoms with Crippen molar-refractivity contribution in [3.05, 3.63) is 75.6 Å². The minimum atomic E-state index is -0.442. The van der Waals surface area contributed by atoms with Gasteiger partial charge >= 0.3 is 5.97 Å². The molecule has 0 saturated carbocycles. The second-order valence-corrected chi connectivity index (χ2v) is 7.68. The van der Waals surface area contributed by atoms with Crippen LogP contribution in [0.3, 0.4) is 0 Å². The lowest BCUT2D eigenvalue weighted by Crippen LogP contribution is -2.23. The van der Waals surface area contributed by atoms with Gasteiger partial charge in [0.2, 0.25) is 4.96 Å². The van der Waals surface area contributed by atoms with Crippen molar-refractivity contribution in [3.63, 3.8) is 0 Å². The summed E-state index contributed by atoms with van der Waals surface area (Å²) in [5, 5.41) is 4.36. The van der Waals surface area contributed by atoms with Crippen molar-refractivity contribution < 1.29 is 19.0 Å². The largest absolute Gasteiger partial charge is 0.493 e. The monoisotopic (exact) mass is 449 g/mol. The predicted octanol–water partition coefficient (Wildman–Crippen LogP) is 2.86. The van der Waals surface area contributed by atoms with Crippen molar-refractivity contribution in [2.45, 2.75) is 6.92 Å². The Morgan fingerprint density at radius 2 is 1.97 bits per heavy atom. The zero-order chi connectivity index (χ0) is 22.7. The van der Waals surface area contributed by atoms with E-state index in [2.05, 4.69) is 16.7 Å². The number of benzene rings is 2. The van der Waals surface area contributed by atoms with E-state index in [1.807, 2.05) is 24.3 Å². The van der Waals surface area contributed by atoms with E-state index >= 15 is 0 Å². The molecule has 0 atom stereocenters. The first kappa shape index (κ1) is 21.3. The van der Waals surface area contributed by atoms with Crippen LogP contribution in [0.2, 0.25) is 0 Å². The number of nitrogens with zero attached hydrogens (tertiary/aromatic N) is 3. The fraction of sp³-hybridized carbons (Fsp3) is 0.130. The van der Waals surface area contributed by atoms with E-state index in [4.69, 9.17) is 14.2 Å². The fourth-order valence-corrected chi connectivity index (χ4v) is 3.88. The molecular weight excluding hydrogens is 430 g/mol. The topological polar surface area (TPSA) is 92.0 Å². The maximum absolute atomic E-state index is 12.8. The predicted molar refractivity (Wildman–Crippen MR) is 121 cm³/mol. The van der Waals surface area contributed by atoms with Crippen LogP contribution in [0.25, 0.3) is 22.4 Å². The van der Waals surface area contributed by atoms with Crippen LogP contribution in [-0.4, -0.2) is 34.3 Å². The molecule has 0 aliphatic rings. The normalized spacial score (nSPS) is 11.5. The molecule has 0 radical (unpaired) electrons. The first-order valence-electron chi connectivity index (χ1n) is 9.60. The Labute approximate surface area is 187 Å². The summed E-state index contributed by atoms with van der Waals surface area (Å²) in [6, 6.07) is 12.4. The van der Waals surface area contributed by atoms with Crippen molar-refractivity contribution in [2.24, 2.45) is 0 Å². The zero-order valence-electron chi connectivity index (χ0n) is 17.4. The molecule has 0 aliphatic carbocycles. The first-order chi connectivity index (χ1) is 15.5. The van der Waals surface area contributed by atoms with Gasteiger partial charge in [0.1, 0.15) is 12.4 Å². The van der Waals surface area contributed by atoms with Crippen LogP contribution in [0.5, 0.6) is 17.2 Å². The smallest absolute Gasteiger partial charge is 0.308 e. The van der Waals surface area contributed by atoms with Gasteiger partial charge in [-0.1, -0.05) is 30.1 Å². The summed E-state index contributed by atoms with van der Waals surface area (Å²) in [6.45, 7) is 5.36. The molecule has 0 saturated heterocycles. The van der Waals surface area contributed by atoms with Gasteiger partial charge in [0.15, 0.2) is 17.3 Å². The molecule has 4 rings (SSSR count). The maximum Gasteiger partial charge on any atom is 0.308 e. The Kier molecular flexibility index (Phi) is 6.00. The van der Waals surface area contributed by atoms with Gasteiger partial charge in [0.05, 0.1) is 11.6 Å². The highest BCUT2D eigenvalue weighted by atomic mass is 32.1. The number of rotatable bonds is 7.